The van der Waals surface area contributed by atoms with E-state index in [9.17, 15) is 4.39 Å². The van der Waals surface area contributed by atoms with Crippen LogP contribution in [0.5, 0.6) is 0 Å². The van der Waals surface area contributed by atoms with Gasteiger partial charge in [0.1, 0.15) is 11.6 Å². The van der Waals surface area contributed by atoms with Crippen LogP contribution in [-0.2, 0) is 7.05 Å². The fourth-order valence-corrected chi connectivity index (χ4v) is 3.09. The molecule has 4 nitrogen and oxygen atoms in total. The number of nitrogens with zero attached hydrogens (tertiary/aromatic N) is 3. The number of hydrogen-bond donors (Lipinski definition) is 1. The molecular weight excluding hydrogens is 315 g/mol. The molecule has 2 aromatic heterocycles. The highest BCUT2D eigenvalue weighted by Crippen LogP contribution is 2.35. The van der Waals surface area contributed by atoms with Gasteiger partial charge in [0.05, 0.1) is 11.9 Å². The molecule has 0 unspecified atom stereocenters. The van der Waals surface area contributed by atoms with Gasteiger partial charge in [0.2, 0.25) is 0 Å². The number of benzene rings is 2. The first kappa shape index (κ1) is 15.3. The van der Waals surface area contributed by atoms with Crippen molar-refractivity contribution >= 4 is 22.3 Å². The Hall–Kier alpha value is -3.21. The van der Waals surface area contributed by atoms with Crippen molar-refractivity contribution in [3.63, 3.8) is 0 Å². The van der Waals surface area contributed by atoms with Crippen LogP contribution in [0.25, 0.3) is 21.9 Å². The second-order valence-electron chi connectivity index (χ2n) is 5.97. The Kier molecular flexibility index (Phi) is 3.69. The highest BCUT2D eigenvalue weighted by atomic mass is 19.1. The van der Waals surface area contributed by atoms with E-state index in [4.69, 9.17) is 4.98 Å². The summed E-state index contributed by atoms with van der Waals surface area (Å²) in [6, 6.07) is 14.6. The van der Waals surface area contributed by atoms with E-state index in [-0.39, 0.29) is 5.82 Å². The van der Waals surface area contributed by atoms with Crippen molar-refractivity contribution < 1.29 is 4.39 Å². The predicted molar refractivity (Wildman–Crippen MR) is 98.4 cm³/mol. The van der Waals surface area contributed by atoms with E-state index in [0.29, 0.717) is 11.5 Å². The Morgan fingerprint density at radius 1 is 1.00 bits per heavy atom. The highest BCUT2D eigenvalue weighted by Gasteiger charge is 2.15. The summed E-state index contributed by atoms with van der Waals surface area (Å²) in [5.41, 5.74) is 3.34. The van der Waals surface area contributed by atoms with Gasteiger partial charge in [-0.3, -0.25) is 4.68 Å². The molecule has 124 valence electrons. The second kappa shape index (κ2) is 6.02. The average Bonchev–Trinajstić information content (AvgIpc) is 3.03. The summed E-state index contributed by atoms with van der Waals surface area (Å²) < 4.78 is 15.8. The summed E-state index contributed by atoms with van der Waals surface area (Å²) in [6.07, 6.45) is 3.81. The number of nitrogens with one attached hydrogen (secondary N) is 1. The molecule has 4 rings (SSSR count). The van der Waals surface area contributed by atoms with Crippen LogP contribution in [0.1, 0.15) is 5.69 Å². The van der Waals surface area contributed by atoms with Crippen molar-refractivity contribution in [2.75, 3.05) is 5.32 Å². The van der Waals surface area contributed by atoms with Gasteiger partial charge < -0.3 is 5.32 Å². The first-order chi connectivity index (χ1) is 12.1. The maximum absolute atomic E-state index is 14.0. The van der Waals surface area contributed by atoms with E-state index >= 15 is 0 Å². The van der Waals surface area contributed by atoms with Crippen LogP contribution in [0.15, 0.2) is 60.9 Å². The van der Waals surface area contributed by atoms with Gasteiger partial charge in [-0.25, -0.2) is 9.37 Å². The van der Waals surface area contributed by atoms with Crippen LogP contribution in [0.2, 0.25) is 0 Å². The lowest BCUT2D eigenvalue weighted by molar-refractivity contribution is 0.632. The van der Waals surface area contributed by atoms with E-state index in [1.54, 1.807) is 22.9 Å². The van der Waals surface area contributed by atoms with Gasteiger partial charge >= 0.3 is 0 Å². The molecule has 1 N–H and O–H groups in total. The zero-order valence-electron chi connectivity index (χ0n) is 14.0. The van der Waals surface area contributed by atoms with Crippen LogP contribution in [-0.4, -0.2) is 14.8 Å². The monoisotopic (exact) mass is 332 g/mol. The van der Waals surface area contributed by atoms with Crippen LogP contribution in [0, 0.1) is 12.7 Å². The van der Waals surface area contributed by atoms with E-state index in [1.165, 1.54) is 6.07 Å². The largest absolute Gasteiger partial charge is 0.337 e. The van der Waals surface area contributed by atoms with Gasteiger partial charge in [0.25, 0.3) is 0 Å². The minimum atomic E-state index is -0.303. The number of rotatable bonds is 3. The Bertz CT molecular complexity index is 1070. The third kappa shape index (κ3) is 2.74. The Balaban J connectivity index is 1.92. The number of hydrogen-bond acceptors (Lipinski definition) is 3. The normalized spacial score (nSPS) is 11.0. The van der Waals surface area contributed by atoms with Crippen molar-refractivity contribution in [2.24, 2.45) is 7.05 Å². The fourth-order valence-electron chi connectivity index (χ4n) is 3.09. The van der Waals surface area contributed by atoms with Crippen molar-refractivity contribution in [2.45, 2.75) is 6.92 Å². The topological polar surface area (TPSA) is 42.7 Å². The van der Waals surface area contributed by atoms with Gasteiger partial charge in [-0.05, 0) is 24.4 Å². The molecule has 0 aliphatic heterocycles. The lowest BCUT2D eigenvalue weighted by Gasteiger charge is -2.14. The number of aryl methyl sites for hydroxylation is 2. The summed E-state index contributed by atoms with van der Waals surface area (Å²) in [5.74, 6) is 0.341. The molecule has 0 atom stereocenters. The maximum Gasteiger partial charge on any atom is 0.146 e. The van der Waals surface area contributed by atoms with Gasteiger partial charge in [-0.15, -0.1) is 0 Å². The molecule has 0 fully saturated rings. The van der Waals surface area contributed by atoms with E-state index < -0.39 is 0 Å². The minimum absolute atomic E-state index is 0.303. The zero-order valence-corrected chi connectivity index (χ0v) is 14.0. The standard InChI is InChI=1S/C20H17FN4/c1-13-19(14-11-22-25(2)12-14)15-7-3-4-8-16(15)20(23-13)24-18-10-6-5-9-17(18)21/h3-12H,1-2H3,(H,23,24). The van der Waals surface area contributed by atoms with E-state index in [2.05, 4.69) is 16.5 Å². The smallest absolute Gasteiger partial charge is 0.146 e. The quantitative estimate of drug-likeness (QED) is 0.584. The third-order valence-electron chi connectivity index (χ3n) is 4.21. The molecule has 0 aliphatic rings. The lowest BCUT2D eigenvalue weighted by atomic mass is 9.99. The summed E-state index contributed by atoms with van der Waals surface area (Å²) in [5, 5.41) is 9.40. The van der Waals surface area contributed by atoms with Crippen LogP contribution >= 0.6 is 0 Å². The first-order valence-corrected chi connectivity index (χ1v) is 8.03. The molecule has 0 aliphatic carbocycles. The molecule has 2 aromatic carbocycles. The number of aromatic nitrogens is 3. The van der Waals surface area contributed by atoms with Crippen molar-refractivity contribution in [3.8, 4) is 11.1 Å². The molecule has 0 radical (unpaired) electrons. The third-order valence-corrected chi connectivity index (χ3v) is 4.21. The molecule has 2 heterocycles. The van der Waals surface area contributed by atoms with Crippen molar-refractivity contribution in [1.29, 1.82) is 0 Å². The molecule has 25 heavy (non-hydrogen) atoms. The molecule has 0 saturated heterocycles. The number of pyridine rings is 1. The lowest BCUT2D eigenvalue weighted by Crippen LogP contribution is -2.00. The van der Waals surface area contributed by atoms with Crippen LogP contribution < -0.4 is 5.32 Å². The molecule has 0 saturated carbocycles. The zero-order chi connectivity index (χ0) is 17.4. The first-order valence-electron chi connectivity index (χ1n) is 8.03. The van der Waals surface area contributed by atoms with E-state index in [1.807, 2.05) is 44.6 Å². The minimum Gasteiger partial charge on any atom is -0.337 e. The predicted octanol–water partition coefficient (Wildman–Crippen LogP) is 4.83. The summed E-state index contributed by atoms with van der Waals surface area (Å²) in [4.78, 5) is 4.71. The number of anilines is 2. The van der Waals surface area contributed by atoms with Gasteiger partial charge in [-0.2, -0.15) is 5.10 Å². The molecule has 0 bridgehead atoms. The van der Waals surface area contributed by atoms with Crippen LogP contribution in [0.4, 0.5) is 15.9 Å². The Morgan fingerprint density at radius 2 is 1.72 bits per heavy atom. The Labute approximate surface area is 144 Å². The SMILES string of the molecule is Cc1nc(Nc2ccccc2F)c2ccccc2c1-c1cnn(C)c1. The Morgan fingerprint density at radius 3 is 2.44 bits per heavy atom. The fraction of sp³-hybridized carbons (Fsp3) is 0.100. The molecule has 0 spiro atoms. The van der Waals surface area contributed by atoms with Gasteiger partial charge in [-0.1, -0.05) is 36.4 Å². The van der Waals surface area contributed by atoms with Gasteiger partial charge in [0, 0.05) is 35.5 Å². The molecule has 5 heteroatoms. The number of fused-ring (bicyclic) bond motifs is 1. The van der Waals surface area contributed by atoms with Crippen molar-refractivity contribution in [3.05, 3.63) is 72.4 Å². The summed E-state index contributed by atoms with van der Waals surface area (Å²) >= 11 is 0. The van der Waals surface area contributed by atoms with Crippen LogP contribution in [0.3, 0.4) is 0 Å². The van der Waals surface area contributed by atoms with Crippen molar-refractivity contribution in [1.82, 2.24) is 14.8 Å². The molecule has 0 amide bonds. The second-order valence-corrected chi connectivity index (χ2v) is 5.97. The number of para-hydroxylation sites is 1. The summed E-state index contributed by atoms with van der Waals surface area (Å²) in [6.45, 7) is 1.96. The molecular formula is C20H17FN4. The van der Waals surface area contributed by atoms with E-state index in [0.717, 1.165) is 27.6 Å². The van der Waals surface area contributed by atoms with Gasteiger partial charge in [0.15, 0.2) is 0 Å². The average molecular weight is 332 g/mol. The number of halogens is 1. The highest BCUT2D eigenvalue weighted by molar-refractivity contribution is 6.03. The molecule has 4 aromatic rings. The maximum atomic E-state index is 14.0. The summed E-state index contributed by atoms with van der Waals surface area (Å²) in [7, 11) is 1.89.